The standard InChI is InChI=1S/C22H39N5O9/c1-11(2)7-13(23)19(32)24-9-17(29)25-14(5-6-18(30)31)20(33)27-16(10-28)21(34)26-15(22(35)36)8-12(3)4/h11-16,28H,5-10,23H2,1-4H3,(H,24,32)(H,25,29)(H,26,34)(H,27,33)(H,30,31)(H,35,36)/t13-,14-,15-,16-/m0/s1. The second kappa shape index (κ2) is 16.4. The summed E-state index contributed by atoms with van der Waals surface area (Å²) in [6, 6.07) is -5.05. The van der Waals surface area contributed by atoms with Crippen molar-refractivity contribution in [3.8, 4) is 0 Å². The van der Waals surface area contributed by atoms with Crippen molar-refractivity contribution < 1.29 is 44.1 Å². The van der Waals surface area contributed by atoms with E-state index in [0.717, 1.165) is 0 Å². The van der Waals surface area contributed by atoms with Gasteiger partial charge in [0, 0.05) is 6.42 Å². The van der Waals surface area contributed by atoms with Gasteiger partial charge in [-0.05, 0) is 31.1 Å². The van der Waals surface area contributed by atoms with E-state index in [1.807, 2.05) is 13.8 Å². The maximum Gasteiger partial charge on any atom is 0.326 e. The van der Waals surface area contributed by atoms with Crippen LogP contribution in [0.3, 0.4) is 0 Å². The highest BCUT2D eigenvalue weighted by molar-refractivity contribution is 5.94. The average molecular weight is 518 g/mol. The highest BCUT2D eigenvalue weighted by atomic mass is 16.4. The number of amides is 4. The molecule has 0 aliphatic carbocycles. The number of rotatable bonds is 17. The minimum Gasteiger partial charge on any atom is -0.481 e. The monoisotopic (exact) mass is 517 g/mol. The molecule has 4 atom stereocenters. The van der Waals surface area contributed by atoms with E-state index in [1.54, 1.807) is 13.8 Å². The molecule has 0 aromatic rings. The van der Waals surface area contributed by atoms with Crippen molar-refractivity contribution in [2.24, 2.45) is 17.6 Å². The molecule has 0 aliphatic rings. The number of aliphatic carboxylic acids is 2. The van der Waals surface area contributed by atoms with Gasteiger partial charge in [-0.15, -0.1) is 0 Å². The van der Waals surface area contributed by atoms with E-state index in [2.05, 4.69) is 21.3 Å². The van der Waals surface area contributed by atoms with Crippen molar-refractivity contribution in [2.75, 3.05) is 13.2 Å². The van der Waals surface area contributed by atoms with Crippen molar-refractivity contribution in [1.29, 1.82) is 0 Å². The third kappa shape index (κ3) is 13.6. The summed E-state index contributed by atoms with van der Waals surface area (Å²) in [7, 11) is 0. The van der Waals surface area contributed by atoms with E-state index in [-0.39, 0.29) is 24.7 Å². The van der Waals surface area contributed by atoms with Gasteiger partial charge >= 0.3 is 11.9 Å². The topological polar surface area (TPSA) is 237 Å². The normalized spacial score (nSPS) is 14.3. The van der Waals surface area contributed by atoms with Crippen LogP contribution in [0, 0.1) is 11.8 Å². The maximum atomic E-state index is 12.7. The molecular weight excluding hydrogens is 478 g/mol. The quantitative estimate of drug-likeness (QED) is 0.105. The Kier molecular flexibility index (Phi) is 14.9. The second-order valence-electron chi connectivity index (χ2n) is 9.28. The zero-order chi connectivity index (χ0) is 28.0. The SMILES string of the molecule is CC(C)C[C@H](NC(=O)[C@H](CO)NC(=O)[C@H](CCC(=O)O)NC(=O)CNC(=O)[C@@H](N)CC(C)C)C(=O)O. The first-order valence-corrected chi connectivity index (χ1v) is 11.7. The Bertz CT molecular complexity index is 788. The largest absolute Gasteiger partial charge is 0.481 e. The van der Waals surface area contributed by atoms with Gasteiger partial charge in [0.15, 0.2) is 0 Å². The number of carboxylic acids is 2. The summed E-state index contributed by atoms with van der Waals surface area (Å²) in [5.74, 6) is -5.77. The Morgan fingerprint density at radius 2 is 1.28 bits per heavy atom. The minimum absolute atomic E-state index is 0.0652. The first-order chi connectivity index (χ1) is 16.7. The van der Waals surface area contributed by atoms with Crippen LogP contribution in [-0.2, 0) is 28.8 Å². The van der Waals surface area contributed by atoms with Crippen LogP contribution in [0.5, 0.6) is 0 Å². The van der Waals surface area contributed by atoms with Gasteiger partial charge in [0.25, 0.3) is 0 Å². The molecule has 0 saturated heterocycles. The van der Waals surface area contributed by atoms with Crippen molar-refractivity contribution >= 4 is 35.6 Å². The fourth-order valence-electron chi connectivity index (χ4n) is 3.13. The second-order valence-corrected chi connectivity index (χ2v) is 9.28. The summed E-state index contributed by atoms with van der Waals surface area (Å²) in [5.41, 5.74) is 5.74. The molecule has 0 aromatic carbocycles. The Hall–Kier alpha value is -3.26. The van der Waals surface area contributed by atoms with E-state index in [0.29, 0.717) is 6.42 Å². The van der Waals surface area contributed by atoms with E-state index < -0.39 is 79.3 Å². The van der Waals surface area contributed by atoms with Crippen LogP contribution >= 0.6 is 0 Å². The predicted octanol–water partition coefficient (Wildman–Crippen LogP) is -2.08. The molecule has 0 saturated carbocycles. The lowest BCUT2D eigenvalue weighted by atomic mass is 10.0. The van der Waals surface area contributed by atoms with Crippen LogP contribution in [0.25, 0.3) is 0 Å². The molecule has 14 nitrogen and oxygen atoms in total. The van der Waals surface area contributed by atoms with Crippen LogP contribution in [0.15, 0.2) is 0 Å². The molecule has 0 heterocycles. The minimum atomic E-state index is -1.55. The number of carboxylic acid groups (broad SMARTS) is 2. The van der Waals surface area contributed by atoms with Gasteiger partial charge in [-0.2, -0.15) is 0 Å². The smallest absolute Gasteiger partial charge is 0.326 e. The van der Waals surface area contributed by atoms with Gasteiger partial charge in [-0.3, -0.25) is 24.0 Å². The van der Waals surface area contributed by atoms with Gasteiger partial charge in [0.05, 0.1) is 19.2 Å². The van der Waals surface area contributed by atoms with Crippen LogP contribution in [0.2, 0.25) is 0 Å². The summed E-state index contributed by atoms with van der Waals surface area (Å²) in [4.78, 5) is 71.8. The van der Waals surface area contributed by atoms with Crippen molar-refractivity contribution in [3.05, 3.63) is 0 Å². The number of hydrogen-bond acceptors (Lipinski definition) is 8. The number of nitrogens with one attached hydrogen (secondary N) is 4. The first kappa shape index (κ1) is 32.7. The molecule has 0 spiro atoms. The molecule has 0 fully saturated rings. The molecule has 0 aliphatic heterocycles. The molecule has 0 bridgehead atoms. The molecule has 0 unspecified atom stereocenters. The molecule has 14 heteroatoms. The number of hydrogen-bond donors (Lipinski definition) is 8. The zero-order valence-electron chi connectivity index (χ0n) is 21.1. The Balaban J connectivity index is 5.22. The molecule has 0 aromatic heterocycles. The number of aliphatic hydroxyl groups is 1. The molecule has 4 amide bonds. The fourth-order valence-corrected chi connectivity index (χ4v) is 3.13. The lowest BCUT2D eigenvalue weighted by molar-refractivity contribution is -0.143. The summed E-state index contributed by atoms with van der Waals surface area (Å²) < 4.78 is 0. The highest BCUT2D eigenvalue weighted by Crippen LogP contribution is 2.06. The third-order valence-corrected chi connectivity index (χ3v) is 4.92. The Morgan fingerprint density at radius 1 is 0.750 bits per heavy atom. The average Bonchev–Trinajstić information content (AvgIpc) is 2.76. The number of aliphatic hydroxyl groups excluding tert-OH is 1. The maximum absolute atomic E-state index is 12.7. The molecule has 206 valence electrons. The van der Waals surface area contributed by atoms with Crippen LogP contribution in [-0.4, -0.2) is 88.2 Å². The molecule has 36 heavy (non-hydrogen) atoms. The molecule has 0 radical (unpaired) electrons. The molecular formula is C22H39N5O9. The van der Waals surface area contributed by atoms with E-state index in [4.69, 9.17) is 10.8 Å². The molecule has 0 rings (SSSR count). The van der Waals surface area contributed by atoms with Crippen molar-refractivity contribution in [2.45, 2.75) is 77.5 Å². The Morgan fingerprint density at radius 3 is 1.75 bits per heavy atom. The predicted molar refractivity (Wildman–Crippen MR) is 127 cm³/mol. The van der Waals surface area contributed by atoms with Crippen LogP contribution in [0.4, 0.5) is 0 Å². The van der Waals surface area contributed by atoms with Crippen LogP contribution < -0.4 is 27.0 Å². The fraction of sp³-hybridized carbons (Fsp3) is 0.727. The van der Waals surface area contributed by atoms with Crippen molar-refractivity contribution in [3.63, 3.8) is 0 Å². The lowest BCUT2D eigenvalue weighted by Gasteiger charge is -2.24. The van der Waals surface area contributed by atoms with Gasteiger partial charge in [0.2, 0.25) is 23.6 Å². The van der Waals surface area contributed by atoms with Gasteiger partial charge in [-0.25, -0.2) is 4.79 Å². The van der Waals surface area contributed by atoms with E-state index >= 15 is 0 Å². The van der Waals surface area contributed by atoms with E-state index in [1.165, 1.54) is 0 Å². The Labute approximate surface area is 209 Å². The highest BCUT2D eigenvalue weighted by Gasteiger charge is 2.30. The molecule has 9 N–H and O–H groups in total. The zero-order valence-corrected chi connectivity index (χ0v) is 21.1. The van der Waals surface area contributed by atoms with E-state index in [9.17, 15) is 39.0 Å². The summed E-state index contributed by atoms with van der Waals surface area (Å²) in [6.45, 7) is 5.85. The third-order valence-electron chi connectivity index (χ3n) is 4.92. The lowest BCUT2D eigenvalue weighted by Crippen LogP contribution is -2.57. The van der Waals surface area contributed by atoms with Gasteiger partial charge in [0.1, 0.15) is 18.1 Å². The number of carbonyl (C=O) groups is 6. The van der Waals surface area contributed by atoms with Gasteiger partial charge in [-0.1, -0.05) is 27.7 Å². The van der Waals surface area contributed by atoms with Crippen molar-refractivity contribution in [1.82, 2.24) is 21.3 Å². The number of nitrogens with two attached hydrogens (primary N) is 1. The summed E-state index contributed by atoms with van der Waals surface area (Å²) >= 11 is 0. The first-order valence-electron chi connectivity index (χ1n) is 11.7. The van der Waals surface area contributed by atoms with Gasteiger partial charge < -0.3 is 42.3 Å². The summed E-state index contributed by atoms with van der Waals surface area (Å²) in [6.07, 6.45) is -0.355. The summed E-state index contributed by atoms with van der Waals surface area (Å²) in [5, 5.41) is 36.8. The van der Waals surface area contributed by atoms with Crippen LogP contribution in [0.1, 0.15) is 53.4 Å². The number of carbonyl (C=O) groups excluding carboxylic acids is 4.